The van der Waals surface area contributed by atoms with Crippen LogP contribution in [0.25, 0.3) is 0 Å². The lowest BCUT2D eigenvalue weighted by Crippen LogP contribution is -2.28. The maximum Gasteiger partial charge on any atom is 0.351 e. The first-order chi connectivity index (χ1) is 8.56. The summed E-state index contributed by atoms with van der Waals surface area (Å²) in [5.41, 5.74) is 1.21. The number of nitrogens with zero attached hydrogens (tertiary/aromatic N) is 2. The van der Waals surface area contributed by atoms with E-state index in [4.69, 9.17) is 15.1 Å². The highest BCUT2D eigenvalue weighted by molar-refractivity contribution is 14.1. The van der Waals surface area contributed by atoms with Crippen LogP contribution in [0.2, 0.25) is 0 Å². The molecule has 1 aromatic rings. The molecule has 0 aliphatic carbocycles. The fourth-order valence-electron chi connectivity index (χ4n) is 1.78. The maximum absolute atomic E-state index is 11.7. The first kappa shape index (κ1) is 13.7. The highest BCUT2D eigenvalue weighted by Gasteiger charge is 2.35. The van der Waals surface area contributed by atoms with E-state index >= 15 is 0 Å². The normalized spacial score (nSPS) is 27.4. The molecule has 9 heteroatoms. The van der Waals surface area contributed by atoms with Gasteiger partial charge in [0.15, 0.2) is 5.82 Å². The van der Waals surface area contributed by atoms with Crippen molar-refractivity contribution >= 4 is 28.4 Å². The number of aliphatic hydroxyl groups excluding tert-OH is 2. The summed E-state index contributed by atoms with van der Waals surface area (Å²) in [6.07, 6.45) is -0.519. The van der Waals surface area contributed by atoms with Gasteiger partial charge >= 0.3 is 5.69 Å². The van der Waals surface area contributed by atoms with Crippen LogP contribution in [-0.2, 0) is 4.74 Å². The minimum Gasteiger partial charge on any atom is -0.394 e. The Morgan fingerprint density at radius 2 is 2.39 bits per heavy atom. The molecule has 0 spiro atoms. The molecule has 1 fully saturated rings. The van der Waals surface area contributed by atoms with Gasteiger partial charge in [-0.05, 0) is 22.6 Å². The summed E-state index contributed by atoms with van der Waals surface area (Å²) >= 11 is 1.90. The van der Waals surface area contributed by atoms with Gasteiger partial charge in [0.05, 0.1) is 16.3 Å². The highest BCUT2D eigenvalue weighted by Crippen LogP contribution is 2.28. The van der Waals surface area contributed by atoms with E-state index < -0.39 is 24.1 Å². The predicted molar refractivity (Wildman–Crippen MR) is 68.2 cm³/mol. The first-order valence-electron chi connectivity index (χ1n) is 5.20. The first-order valence-corrected chi connectivity index (χ1v) is 6.28. The van der Waals surface area contributed by atoms with Crippen LogP contribution in [0.15, 0.2) is 11.0 Å². The summed E-state index contributed by atoms with van der Waals surface area (Å²) < 4.78 is 7.11. The number of halogens is 1. The second-order valence-electron chi connectivity index (χ2n) is 3.85. The summed E-state index contributed by atoms with van der Waals surface area (Å²) in [6, 6.07) is 0. The van der Waals surface area contributed by atoms with Gasteiger partial charge in [-0.15, -0.1) is 0 Å². The van der Waals surface area contributed by atoms with Crippen LogP contribution in [0.5, 0.6) is 0 Å². The second-order valence-corrected chi connectivity index (χ2v) is 5.02. The van der Waals surface area contributed by atoms with Gasteiger partial charge in [-0.2, -0.15) is 4.98 Å². The van der Waals surface area contributed by atoms with Crippen molar-refractivity contribution in [3.8, 4) is 0 Å². The Morgan fingerprint density at radius 1 is 1.67 bits per heavy atom. The monoisotopic (exact) mass is 369 g/mol. The molecule has 0 radical (unpaired) electrons. The number of nitrogens with one attached hydrogen (secondary N) is 1. The summed E-state index contributed by atoms with van der Waals surface area (Å²) in [7, 11) is 0. The number of aromatic nitrogens is 2. The third kappa shape index (κ3) is 2.49. The Bertz CT molecular complexity index is 494. The lowest BCUT2D eigenvalue weighted by molar-refractivity contribution is -0.0459. The third-order valence-corrected chi connectivity index (χ3v) is 3.50. The van der Waals surface area contributed by atoms with Gasteiger partial charge in [0.2, 0.25) is 0 Å². The fraction of sp³-hybridized carbons (Fsp3) is 0.556. The van der Waals surface area contributed by atoms with Crippen LogP contribution in [0.3, 0.4) is 0 Å². The van der Waals surface area contributed by atoms with Crippen LogP contribution in [0.4, 0.5) is 5.82 Å². The van der Waals surface area contributed by atoms with E-state index in [-0.39, 0.29) is 18.8 Å². The summed E-state index contributed by atoms with van der Waals surface area (Å²) in [6.45, 7) is -0.312. The van der Waals surface area contributed by atoms with Crippen molar-refractivity contribution in [1.29, 1.82) is 0 Å². The highest BCUT2D eigenvalue weighted by atomic mass is 127. The molecule has 8 nitrogen and oxygen atoms in total. The molecule has 1 aromatic heterocycles. The molecule has 1 aliphatic heterocycles. The molecule has 100 valence electrons. The van der Waals surface area contributed by atoms with Gasteiger partial charge in [0, 0.05) is 12.6 Å². The molecule has 0 bridgehead atoms. The van der Waals surface area contributed by atoms with Crippen molar-refractivity contribution in [1.82, 2.24) is 9.55 Å². The lowest BCUT2D eigenvalue weighted by atomic mass is 10.2. The molecule has 2 heterocycles. The van der Waals surface area contributed by atoms with Gasteiger partial charge in [-0.3, -0.25) is 15.3 Å². The number of ether oxygens (including phenoxy) is 1. The average Bonchev–Trinajstić information content (AvgIpc) is 2.72. The van der Waals surface area contributed by atoms with Gasteiger partial charge in [-0.1, -0.05) is 0 Å². The van der Waals surface area contributed by atoms with Gasteiger partial charge in [-0.25, -0.2) is 4.79 Å². The number of hydrogen-bond acceptors (Lipinski definition) is 7. The Labute approximate surface area is 115 Å². The molecular weight excluding hydrogens is 357 g/mol. The molecule has 2 rings (SSSR count). The van der Waals surface area contributed by atoms with Crippen molar-refractivity contribution in [2.75, 3.05) is 12.1 Å². The van der Waals surface area contributed by atoms with E-state index in [1.165, 1.54) is 10.8 Å². The zero-order valence-electron chi connectivity index (χ0n) is 9.15. The number of aliphatic hydroxyl groups is 2. The zero-order chi connectivity index (χ0) is 13.3. The van der Waals surface area contributed by atoms with Crippen molar-refractivity contribution in [2.45, 2.75) is 24.9 Å². The van der Waals surface area contributed by atoms with Crippen molar-refractivity contribution < 1.29 is 20.2 Å². The van der Waals surface area contributed by atoms with Gasteiger partial charge in [0.1, 0.15) is 12.3 Å². The van der Waals surface area contributed by atoms with Crippen molar-refractivity contribution in [3.05, 3.63) is 20.3 Å². The molecule has 4 N–H and O–H groups in total. The molecule has 0 aromatic carbocycles. The second kappa shape index (κ2) is 5.48. The summed E-state index contributed by atoms with van der Waals surface area (Å²) in [5.74, 6) is 0.0640. The summed E-state index contributed by atoms with van der Waals surface area (Å²) in [4.78, 5) is 15.3. The molecule has 0 saturated carbocycles. The van der Waals surface area contributed by atoms with Crippen LogP contribution in [-0.4, -0.2) is 43.8 Å². The number of hydrogen-bond donors (Lipinski definition) is 4. The van der Waals surface area contributed by atoms with Crippen LogP contribution in [0, 0.1) is 3.57 Å². The predicted octanol–water partition coefficient (Wildman–Crippen LogP) is -0.710. The van der Waals surface area contributed by atoms with Crippen molar-refractivity contribution in [2.24, 2.45) is 0 Å². The quantitative estimate of drug-likeness (QED) is 0.411. The van der Waals surface area contributed by atoms with E-state index in [1.807, 2.05) is 28.1 Å². The van der Waals surface area contributed by atoms with E-state index in [9.17, 15) is 9.90 Å². The van der Waals surface area contributed by atoms with Crippen LogP contribution < -0.4 is 11.2 Å². The maximum atomic E-state index is 11.7. The Hall–Kier alpha value is -0.750. The third-order valence-electron chi connectivity index (χ3n) is 2.71. The van der Waals surface area contributed by atoms with Crippen LogP contribution in [0.1, 0.15) is 12.6 Å². The smallest absolute Gasteiger partial charge is 0.351 e. The number of anilines is 1. The SMILES string of the molecule is O=c1nc(NO)c(I)cn1[C@H]1C[C@H](O)[C@@H](CO)O1. The minimum atomic E-state index is -0.819. The van der Waals surface area contributed by atoms with Gasteiger partial charge < -0.3 is 14.9 Å². The Morgan fingerprint density at radius 3 is 2.94 bits per heavy atom. The Balaban J connectivity index is 2.30. The van der Waals surface area contributed by atoms with Gasteiger partial charge in [0.25, 0.3) is 0 Å². The zero-order valence-corrected chi connectivity index (χ0v) is 11.3. The molecule has 0 unspecified atom stereocenters. The molecule has 18 heavy (non-hydrogen) atoms. The van der Waals surface area contributed by atoms with Crippen molar-refractivity contribution in [3.63, 3.8) is 0 Å². The lowest BCUT2D eigenvalue weighted by Gasteiger charge is -2.15. The van der Waals surface area contributed by atoms with E-state index in [1.54, 1.807) is 0 Å². The Kier molecular flexibility index (Phi) is 4.17. The molecule has 3 atom stereocenters. The standard InChI is InChI=1S/C9H12IN3O5/c10-4-2-13(9(16)11-8(4)12-17)7-1-5(15)6(3-14)18-7/h2,5-7,14-15,17H,1,3H2,(H,11,12,16)/t5-,6+,7+/m0/s1. The molecular formula is C9H12IN3O5. The van der Waals surface area contributed by atoms with Crippen LogP contribution >= 0.6 is 22.6 Å². The van der Waals surface area contributed by atoms with E-state index in [0.29, 0.717) is 3.57 Å². The fourth-order valence-corrected chi connectivity index (χ4v) is 2.32. The minimum absolute atomic E-state index is 0.0640. The van der Waals surface area contributed by atoms with E-state index in [2.05, 4.69) is 4.98 Å². The summed E-state index contributed by atoms with van der Waals surface area (Å²) in [5, 5.41) is 27.3. The number of rotatable bonds is 3. The largest absolute Gasteiger partial charge is 0.394 e. The topological polar surface area (TPSA) is 117 Å². The average molecular weight is 369 g/mol. The molecule has 1 saturated heterocycles. The van der Waals surface area contributed by atoms with E-state index in [0.717, 1.165) is 0 Å². The molecule has 0 amide bonds. The molecule has 1 aliphatic rings.